The second kappa shape index (κ2) is 5.37. The highest BCUT2D eigenvalue weighted by molar-refractivity contribution is 5.39. The van der Waals surface area contributed by atoms with Crippen molar-refractivity contribution in [2.45, 2.75) is 32.5 Å². The van der Waals surface area contributed by atoms with Gasteiger partial charge in [-0.05, 0) is 32.9 Å². The number of alkyl halides is 3. The Morgan fingerprint density at radius 2 is 1.70 bits per heavy atom. The first-order chi connectivity index (χ1) is 8.99. The minimum Gasteiger partial charge on any atom is -0.497 e. The van der Waals surface area contributed by atoms with Crippen LogP contribution in [-0.2, 0) is 5.60 Å². The molecule has 0 aromatic heterocycles. The largest absolute Gasteiger partial charge is 0.497 e. The van der Waals surface area contributed by atoms with Crippen LogP contribution in [0.4, 0.5) is 13.2 Å². The van der Waals surface area contributed by atoms with Gasteiger partial charge in [0.1, 0.15) is 5.75 Å². The minimum absolute atomic E-state index is 0.225. The summed E-state index contributed by atoms with van der Waals surface area (Å²) in [5.74, 6) is 4.64. The Hall–Kier alpha value is -1.67. The molecule has 0 fully saturated rings. The fraction of sp³-hybridized carbons (Fsp3) is 0.467. The zero-order valence-corrected chi connectivity index (χ0v) is 11.8. The van der Waals surface area contributed by atoms with Crippen LogP contribution >= 0.6 is 0 Å². The standard InChI is InChI=1S/C15H17F3O2/c1-13(2,3)8-9-14(19,15(16,17)18)11-6-5-7-12(10-11)20-4/h5-7,10,19H,1-4H3/t14-/m0/s1. The predicted octanol–water partition coefficient (Wildman–Crippen LogP) is 3.49. The van der Waals surface area contributed by atoms with Crippen LogP contribution in [0.5, 0.6) is 5.75 Å². The van der Waals surface area contributed by atoms with Gasteiger partial charge in [0.15, 0.2) is 0 Å². The molecule has 1 N–H and O–H groups in total. The van der Waals surface area contributed by atoms with Gasteiger partial charge < -0.3 is 9.84 Å². The molecule has 1 atom stereocenters. The van der Waals surface area contributed by atoms with E-state index in [4.69, 9.17) is 4.74 Å². The van der Waals surface area contributed by atoms with E-state index in [1.807, 2.05) is 5.92 Å². The second-order valence-electron chi connectivity index (χ2n) is 5.44. The molecule has 5 heteroatoms. The average Bonchev–Trinajstić information content (AvgIpc) is 2.33. The van der Waals surface area contributed by atoms with Crippen LogP contribution in [0.1, 0.15) is 26.3 Å². The highest BCUT2D eigenvalue weighted by Gasteiger charge is 2.54. The summed E-state index contributed by atoms with van der Waals surface area (Å²) in [6.07, 6.45) is -4.91. The fourth-order valence-electron chi connectivity index (χ4n) is 1.43. The summed E-state index contributed by atoms with van der Waals surface area (Å²) >= 11 is 0. The molecule has 0 radical (unpaired) electrons. The van der Waals surface area contributed by atoms with E-state index in [9.17, 15) is 18.3 Å². The maximum Gasteiger partial charge on any atom is 0.433 e. The summed E-state index contributed by atoms with van der Waals surface area (Å²) in [6.45, 7) is 5.01. The third kappa shape index (κ3) is 3.67. The number of hydrogen-bond donors (Lipinski definition) is 1. The van der Waals surface area contributed by atoms with Crippen LogP contribution in [0.2, 0.25) is 0 Å². The van der Waals surface area contributed by atoms with Crippen molar-refractivity contribution in [1.82, 2.24) is 0 Å². The normalized spacial score (nSPS) is 15.0. The van der Waals surface area contributed by atoms with Crippen molar-refractivity contribution >= 4 is 0 Å². The molecule has 0 unspecified atom stereocenters. The van der Waals surface area contributed by atoms with E-state index >= 15 is 0 Å². The van der Waals surface area contributed by atoms with Crippen molar-refractivity contribution in [2.24, 2.45) is 5.41 Å². The molecule has 1 rings (SSSR count). The van der Waals surface area contributed by atoms with E-state index in [1.54, 1.807) is 20.8 Å². The van der Waals surface area contributed by atoms with Crippen LogP contribution in [0.25, 0.3) is 0 Å². The summed E-state index contributed by atoms with van der Waals surface area (Å²) in [5, 5.41) is 10.0. The summed E-state index contributed by atoms with van der Waals surface area (Å²) in [5.41, 5.74) is -4.23. The van der Waals surface area contributed by atoms with Crippen molar-refractivity contribution in [1.29, 1.82) is 0 Å². The van der Waals surface area contributed by atoms with Crippen LogP contribution in [0.3, 0.4) is 0 Å². The summed E-state index contributed by atoms with van der Waals surface area (Å²) in [6, 6.07) is 5.18. The number of halogens is 3. The number of benzene rings is 1. The van der Waals surface area contributed by atoms with Gasteiger partial charge in [0, 0.05) is 11.0 Å². The summed E-state index contributed by atoms with van der Waals surface area (Å²) < 4.78 is 44.5. The van der Waals surface area contributed by atoms with E-state index < -0.39 is 17.2 Å². The van der Waals surface area contributed by atoms with E-state index in [1.165, 1.54) is 25.3 Å². The zero-order valence-electron chi connectivity index (χ0n) is 11.8. The van der Waals surface area contributed by atoms with Gasteiger partial charge in [-0.3, -0.25) is 0 Å². The molecule has 0 amide bonds. The van der Waals surface area contributed by atoms with Crippen LogP contribution in [0, 0.1) is 17.3 Å². The highest BCUT2D eigenvalue weighted by atomic mass is 19.4. The topological polar surface area (TPSA) is 29.5 Å². The number of aliphatic hydroxyl groups is 1. The SMILES string of the molecule is COc1cccc([C@@](O)(C#CC(C)(C)C)C(F)(F)F)c1. The molecule has 1 aromatic rings. The molecule has 0 spiro atoms. The third-order valence-corrected chi connectivity index (χ3v) is 2.52. The first kappa shape index (κ1) is 16.4. The zero-order chi connectivity index (χ0) is 15.6. The molecule has 0 saturated carbocycles. The highest BCUT2D eigenvalue weighted by Crippen LogP contribution is 2.39. The van der Waals surface area contributed by atoms with E-state index in [0.717, 1.165) is 6.07 Å². The van der Waals surface area contributed by atoms with Crippen molar-refractivity contribution in [3.63, 3.8) is 0 Å². The Labute approximate surface area is 116 Å². The number of methoxy groups -OCH3 is 1. The lowest BCUT2D eigenvalue weighted by atomic mass is 9.90. The minimum atomic E-state index is -4.91. The van der Waals surface area contributed by atoms with Gasteiger partial charge in [-0.2, -0.15) is 13.2 Å². The molecular formula is C15H17F3O2. The first-order valence-electron chi connectivity index (χ1n) is 5.97. The van der Waals surface area contributed by atoms with Crippen molar-refractivity contribution in [2.75, 3.05) is 7.11 Å². The van der Waals surface area contributed by atoms with Crippen molar-refractivity contribution < 1.29 is 23.0 Å². The fourth-order valence-corrected chi connectivity index (χ4v) is 1.43. The van der Waals surface area contributed by atoms with Gasteiger partial charge in [0.25, 0.3) is 0 Å². The predicted molar refractivity (Wildman–Crippen MR) is 70.2 cm³/mol. The Morgan fingerprint density at radius 1 is 1.10 bits per heavy atom. The molecule has 0 aliphatic carbocycles. The molecule has 0 bridgehead atoms. The smallest absolute Gasteiger partial charge is 0.433 e. The van der Waals surface area contributed by atoms with Gasteiger partial charge in [-0.1, -0.05) is 24.0 Å². The Bertz CT molecular complexity index is 533. The quantitative estimate of drug-likeness (QED) is 0.843. The molecule has 0 aliphatic rings. The lowest BCUT2D eigenvalue weighted by molar-refractivity contribution is -0.240. The first-order valence-corrected chi connectivity index (χ1v) is 5.97. The van der Waals surface area contributed by atoms with Crippen molar-refractivity contribution in [3.05, 3.63) is 29.8 Å². The van der Waals surface area contributed by atoms with Crippen LogP contribution in [-0.4, -0.2) is 18.4 Å². The van der Waals surface area contributed by atoms with E-state index in [2.05, 4.69) is 5.92 Å². The van der Waals surface area contributed by atoms with Crippen molar-refractivity contribution in [3.8, 4) is 17.6 Å². The molecule has 110 valence electrons. The van der Waals surface area contributed by atoms with Gasteiger partial charge in [0.05, 0.1) is 7.11 Å². The van der Waals surface area contributed by atoms with Gasteiger partial charge in [-0.25, -0.2) is 0 Å². The summed E-state index contributed by atoms with van der Waals surface area (Å²) in [4.78, 5) is 0. The van der Waals surface area contributed by atoms with Gasteiger partial charge in [-0.15, -0.1) is 0 Å². The number of ether oxygens (including phenoxy) is 1. The van der Waals surface area contributed by atoms with E-state index in [0.29, 0.717) is 0 Å². The molecular weight excluding hydrogens is 269 g/mol. The molecule has 1 aromatic carbocycles. The monoisotopic (exact) mass is 286 g/mol. The lowest BCUT2D eigenvalue weighted by Crippen LogP contribution is -2.41. The maximum atomic E-state index is 13.2. The Morgan fingerprint density at radius 3 is 2.15 bits per heavy atom. The van der Waals surface area contributed by atoms with Crippen LogP contribution < -0.4 is 4.74 Å². The number of rotatable bonds is 2. The average molecular weight is 286 g/mol. The molecule has 0 aliphatic heterocycles. The molecule has 20 heavy (non-hydrogen) atoms. The lowest BCUT2D eigenvalue weighted by Gasteiger charge is -2.26. The number of hydrogen-bond acceptors (Lipinski definition) is 2. The molecule has 0 heterocycles. The van der Waals surface area contributed by atoms with Crippen LogP contribution in [0.15, 0.2) is 24.3 Å². The molecule has 0 saturated heterocycles. The van der Waals surface area contributed by atoms with Gasteiger partial charge in [0.2, 0.25) is 5.60 Å². The second-order valence-corrected chi connectivity index (χ2v) is 5.44. The third-order valence-electron chi connectivity index (χ3n) is 2.52. The van der Waals surface area contributed by atoms with E-state index in [-0.39, 0.29) is 11.3 Å². The summed E-state index contributed by atoms with van der Waals surface area (Å²) in [7, 11) is 1.34. The maximum absolute atomic E-state index is 13.2. The van der Waals surface area contributed by atoms with Gasteiger partial charge >= 0.3 is 6.18 Å². The molecule has 2 nitrogen and oxygen atoms in total. The Balaban J connectivity index is 3.42. The Kier molecular flexibility index (Phi) is 4.40.